The highest BCUT2D eigenvalue weighted by Gasteiger charge is 2.15. The molecule has 0 aromatic carbocycles. The summed E-state index contributed by atoms with van der Waals surface area (Å²) < 4.78 is 9.50. The molecule has 0 spiro atoms. The highest BCUT2D eigenvalue weighted by Crippen LogP contribution is 2.35. The van der Waals surface area contributed by atoms with Gasteiger partial charge in [0.05, 0.1) is 6.61 Å². The monoisotopic (exact) mass is 229 g/mol. The molecule has 0 aliphatic rings. The molecule has 5 heteroatoms. The van der Waals surface area contributed by atoms with Crippen molar-refractivity contribution in [3.05, 3.63) is 0 Å². The Balaban J connectivity index is 2.68. The van der Waals surface area contributed by atoms with E-state index in [4.69, 9.17) is 10.5 Å². The first-order valence-electron chi connectivity index (χ1n) is 5.06. The van der Waals surface area contributed by atoms with Crippen LogP contribution < -0.4 is 15.8 Å². The van der Waals surface area contributed by atoms with Gasteiger partial charge in [0, 0.05) is 6.54 Å². The third-order valence-corrected chi connectivity index (χ3v) is 2.54. The standard InChI is InChI=1S/C10H19N3OS/c1-5-14-7-8(11)13-15-9(7)12-6-10(2,3)4/h12H,5-6H2,1-4H3,(H2,11,13). The fourth-order valence-electron chi connectivity index (χ4n) is 1.04. The summed E-state index contributed by atoms with van der Waals surface area (Å²) in [5.41, 5.74) is 5.93. The van der Waals surface area contributed by atoms with E-state index < -0.39 is 0 Å². The van der Waals surface area contributed by atoms with E-state index in [1.54, 1.807) is 0 Å². The average molecular weight is 229 g/mol. The Bertz CT molecular complexity index is 317. The van der Waals surface area contributed by atoms with Crippen LogP contribution in [0.4, 0.5) is 10.8 Å². The lowest BCUT2D eigenvalue weighted by molar-refractivity contribution is 0.343. The molecule has 0 fully saturated rings. The summed E-state index contributed by atoms with van der Waals surface area (Å²) in [6.07, 6.45) is 0. The van der Waals surface area contributed by atoms with Gasteiger partial charge in [-0.15, -0.1) is 0 Å². The fraction of sp³-hybridized carbons (Fsp3) is 0.700. The van der Waals surface area contributed by atoms with E-state index >= 15 is 0 Å². The second kappa shape index (κ2) is 4.70. The zero-order valence-electron chi connectivity index (χ0n) is 9.76. The molecule has 0 aliphatic carbocycles. The number of nitrogen functional groups attached to an aromatic ring is 1. The van der Waals surface area contributed by atoms with E-state index in [0.717, 1.165) is 11.5 Å². The number of aromatic nitrogens is 1. The molecule has 0 amide bonds. The van der Waals surface area contributed by atoms with Crippen LogP contribution in [-0.4, -0.2) is 17.5 Å². The lowest BCUT2D eigenvalue weighted by Crippen LogP contribution is -2.18. The molecule has 1 heterocycles. The summed E-state index contributed by atoms with van der Waals surface area (Å²) in [6.45, 7) is 9.92. The Morgan fingerprint density at radius 3 is 2.67 bits per heavy atom. The number of nitrogens with one attached hydrogen (secondary N) is 1. The molecular weight excluding hydrogens is 210 g/mol. The van der Waals surface area contributed by atoms with Gasteiger partial charge in [-0.1, -0.05) is 20.8 Å². The normalized spacial score (nSPS) is 11.5. The van der Waals surface area contributed by atoms with Crippen LogP contribution in [0.3, 0.4) is 0 Å². The van der Waals surface area contributed by atoms with E-state index in [-0.39, 0.29) is 5.41 Å². The third-order valence-electron chi connectivity index (χ3n) is 1.74. The maximum atomic E-state index is 5.70. The summed E-state index contributed by atoms with van der Waals surface area (Å²) in [5.74, 6) is 1.16. The van der Waals surface area contributed by atoms with Crippen molar-refractivity contribution in [1.82, 2.24) is 4.37 Å². The molecule has 3 N–H and O–H groups in total. The van der Waals surface area contributed by atoms with Gasteiger partial charge in [0.15, 0.2) is 16.6 Å². The Hall–Kier alpha value is -0.970. The molecule has 0 atom stereocenters. The first kappa shape index (κ1) is 12.1. The maximum absolute atomic E-state index is 5.70. The van der Waals surface area contributed by atoms with Crippen molar-refractivity contribution < 1.29 is 4.74 Å². The van der Waals surface area contributed by atoms with Gasteiger partial charge in [-0.2, -0.15) is 4.37 Å². The van der Waals surface area contributed by atoms with Crippen molar-refractivity contribution in [3.63, 3.8) is 0 Å². The number of hydrogen-bond donors (Lipinski definition) is 2. The van der Waals surface area contributed by atoms with Crippen molar-refractivity contribution in [1.29, 1.82) is 0 Å². The summed E-state index contributed by atoms with van der Waals surface area (Å²) >= 11 is 1.35. The van der Waals surface area contributed by atoms with Crippen LogP contribution in [0.1, 0.15) is 27.7 Å². The molecule has 1 aromatic heterocycles. The molecule has 86 valence electrons. The summed E-state index contributed by atoms with van der Waals surface area (Å²) in [5, 5.41) is 4.23. The van der Waals surface area contributed by atoms with Crippen molar-refractivity contribution in [3.8, 4) is 5.75 Å². The van der Waals surface area contributed by atoms with Gasteiger partial charge in [0.1, 0.15) is 0 Å². The average Bonchev–Trinajstić information content (AvgIpc) is 2.45. The number of ether oxygens (including phenoxy) is 1. The third kappa shape index (κ3) is 3.58. The Morgan fingerprint density at radius 2 is 2.13 bits per heavy atom. The quantitative estimate of drug-likeness (QED) is 0.833. The summed E-state index contributed by atoms with van der Waals surface area (Å²) in [4.78, 5) is 0. The van der Waals surface area contributed by atoms with Gasteiger partial charge in [-0.3, -0.25) is 0 Å². The summed E-state index contributed by atoms with van der Waals surface area (Å²) in [7, 11) is 0. The molecule has 0 bridgehead atoms. The number of anilines is 2. The van der Waals surface area contributed by atoms with Crippen LogP contribution in [0.5, 0.6) is 5.75 Å². The maximum Gasteiger partial charge on any atom is 0.197 e. The molecule has 0 unspecified atom stereocenters. The van der Waals surface area contributed by atoms with Gasteiger partial charge in [0.25, 0.3) is 0 Å². The van der Waals surface area contributed by atoms with Crippen molar-refractivity contribution in [2.45, 2.75) is 27.7 Å². The fourth-order valence-corrected chi connectivity index (χ4v) is 1.69. The van der Waals surface area contributed by atoms with Gasteiger partial charge >= 0.3 is 0 Å². The van der Waals surface area contributed by atoms with Crippen LogP contribution in [0.25, 0.3) is 0 Å². The summed E-state index contributed by atoms with van der Waals surface area (Å²) in [6, 6.07) is 0. The molecular formula is C10H19N3OS. The Morgan fingerprint density at radius 1 is 1.47 bits per heavy atom. The first-order valence-corrected chi connectivity index (χ1v) is 5.83. The van der Waals surface area contributed by atoms with Gasteiger partial charge < -0.3 is 15.8 Å². The molecule has 4 nitrogen and oxygen atoms in total. The van der Waals surface area contributed by atoms with Crippen LogP contribution in [0.15, 0.2) is 0 Å². The SMILES string of the molecule is CCOc1c(N)nsc1NCC(C)(C)C. The molecule has 1 aromatic rings. The van der Waals surface area contributed by atoms with Crippen LogP contribution >= 0.6 is 11.5 Å². The van der Waals surface area contributed by atoms with E-state index in [2.05, 4.69) is 30.5 Å². The second-order valence-corrected chi connectivity index (χ2v) is 5.35. The van der Waals surface area contributed by atoms with Crippen LogP contribution in [0, 0.1) is 5.41 Å². The number of nitrogens with two attached hydrogens (primary N) is 1. The van der Waals surface area contributed by atoms with E-state index in [1.165, 1.54) is 11.5 Å². The minimum Gasteiger partial charge on any atom is -0.487 e. The lowest BCUT2D eigenvalue weighted by atomic mass is 9.97. The van der Waals surface area contributed by atoms with E-state index in [9.17, 15) is 0 Å². The largest absolute Gasteiger partial charge is 0.487 e. The van der Waals surface area contributed by atoms with Crippen molar-refractivity contribution in [2.24, 2.45) is 5.41 Å². The molecule has 0 radical (unpaired) electrons. The molecule has 15 heavy (non-hydrogen) atoms. The van der Waals surface area contributed by atoms with Crippen molar-refractivity contribution in [2.75, 3.05) is 24.2 Å². The minimum atomic E-state index is 0.224. The van der Waals surface area contributed by atoms with Gasteiger partial charge in [-0.05, 0) is 23.9 Å². The first-order chi connectivity index (χ1) is 6.94. The Kier molecular flexibility index (Phi) is 3.79. The Labute approximate surface area is 95.0 Å². The van der Waals surface area contributed by atoms with Gasteiger partial charge in [-0.25, -0.2) is 0 Å². The lowest BCUT2D eigenvalue weighted by Gasteiger charge is -2.19. The topological polar surface area (TPSA) is 60.2 Å². The molecule has 0 saturated heterocycles. The van der Waals surface area contributed by atoms with E-state index in [0.29, 0.717) is 18.2 Å². The predicted molar refractivity (Wildman–Crippen MR) is 65.6 cm³/mol. The number of rotatable bonds is 4. The number of nitrogens with zero attached hydrogens (tertiary/aromatic N) is 1. The van der Waals surface area contributed by atoms with Crippen LogP contribution in [0.2, 0.25) is 0 Å². The molecule has 0 saturated carbocycles. The molecule has 1 rings (SSSR count). The van der Waals surface area contributed by atoms with Gasteiger partial charge in [0.2, 0.25) is 0 Å². The smallest absolute Gasteiger partial charge is 0.197 e. The predicted octanol–water partition coefficient (Wildman–Crippen LogP) is 2.58. The molecule has 0 aliphatic heterocycles. The zero-order valence-corrected chi connectivity index (χ0v) is 10.6. The minimum absolute atomic E-state index is 0.224. The number of hydrogen-bond acceptors (Lipinski definition) is 5. The highest BCUT2D eigenvalue weighted by molar-refractivity contribution is 7.11. The van der Waals surface area contributed by atoms with Crippen LogP contribution in [-0.2, 0) is 0 Å². The van der Waals surface area contributed by atoms with E-state index in [1.807, 2.05) is 6.92 Å². The zero-order chi connectivity index (χ0) is 11.5. The van der Waals surface area contributed by atoms with Crippen molar-refractivity contribution >= 4 is 22.4 Å². The second-order valence-electron chi connectivity index (χ2n) is 4.57. The highest BCUT2D eigenvalue weighted by atomic mass is 32.1.